The van der Waals surface area contributed by atoms with Crippen LogP contribution in [0, 0.1) is 0 Å². The van der Waals surface area contributed by atoms with Crippen LogP contribution in [0.15, 0.2) is 4.79 Å². The van der Waals surface area contributed by atoms with Crippen molar-refractivity contribution in [2.45, 2.75) is 25.7 Å². The van der Waals surface area contributed by atoms with Gasteiger partial charge in [0.05, 0.1) is 5.39 Å². The maximum absolute atomic E-state index is 11.9. The third kappa shape index (κ3) is 1.56. The number of nitrogens with two attached hydrogens (primary N) is 1. The molecule has 0 radical (unpaired) electrons. The summed E-state index contributed by atoms with van der Waals surface area (Å²) in [5.74, 6) is -0.753. The number of fused-ring (bicyclic) bond motifs is 3. The highest BCUT2D eigenvalue weighted by atomic mass is 32.1. The van der Waals surface area contributed by atoms with Gasteiger partial charge in [0.1, 0.15) is 4.83 Å². The minimum absolute atomic E-state index is 0.0545. The Kier molecular flexibility index (Phi) is 2.25. The number of thiophene rings is 1. The van der Waals surface area contributed by atoms with E-state index in [1.54, 1.807) is 0 Å². The van der Waals surface area contributed by atoms with E-state index in [4.69, 9.17) is 5.73 Å². The lowest BCUT2D eigenvalue weighted by molar-refractivity contribution is 0.0990. The molecule has 0 saturated carbocycles. The second kappa shape index (κ2) is 3.66. The zero-order valence-corrected chi connectivity index (χ0v) is 9.89. The molecule has 3 N–H and O–H groups in total. The highest BCUT2D eigenvalue weighted by Gasteiger charge is 2.20. The van der Waals surface area contributed by atoms with E-state index >= 15 is 0 Å². The van der Waals surface area contributed by atoms with Crippen LogP contribution in [-0.4, -0.2) is 15.9 Å². The monoisotopic (exact) mass is 249 g/mol. The Bertz CT molecular complexity index is 671. The molecule has 0 unspecified atom stereocenters. The highest BCUT2D eigenvalue weighted by Crippen LogP contribution is 2.33. The van der Waals surface area contributed by atoms with Crippen LogP contribution in [0.1, 0.15) is 33.9 Å². The smallest absolute Gasteiger partial charge is 0.284 e. The Balaban J connectivity index is 2.34. The summed E-state index contributed by atoms with van der Waals surface area (Å²) in [7, 11) is 0. The predicted octanol–water partition coefficient (Wildman–Crippen LogP) is 0.962. The van der Waals surface area contributed by atoms with E-state index < -0.39 is 5.91 Å². The molecule has 2 aromatic heterocycles. The lowest BCUT2D eigenvalue weighted by Crippen LogP contribution is -2.21. The van der Waals surface area contributed by atoms with E-state index in [1.807, 2.05) is 0 Å². The minimum atomic E-state index is -0.699. The van der Waals surface area contributed by atoms with E-state index in [-0.39, 0.29) is 11.4 Å². The van der Waals surface area contributed by atoms with Crippen LogP contribution >= 0.6 is 11.3 Å². The van der Waals surface area contributed by atoms with Gasteiger partial charge in [0.25, 0.3) is 11.5 Å². The molecule has 0 aromatic carbocycles. The Morgan fingerprint density at radius 1 is 1.35 bits per heavy atom. The summed E-state index contributed by atoms with van der Waals surface area (Å²) in [6.45, 7) is 0. The van der Waals surface area contributed by atoms with Gasteiger partial charge in [-0.2, -0.15) is 0 Å². The van der Waals surface area contributed by atoms with Gasteiger partial charge in [-0.1, -0.05) is 0 Å². The van der Waals surface area contributed by atoms with Gasteiger partial charge >= 0.3 is 0 Å². The van der Waals surface area contributed by atoms with Crippen molar-refractivity contribution in [3.63, 3.8) is 0 Å². The normalized spacial score (nSPS) is 14.8. The first kappa shape index (κ1) is 10.5. The lowest BCUT2D eigenvalue weighted by atomic mass is 9.97. The number of hydrogen-bond acceptors (Lipinski definition) is 4. The van der Waals surface area contributed by atoms with Gasteiger partial charge in [0.2, 0.25) is 0 Å². The van der Waals surface area contributed by atoms with Gasteiger partial charge in [-0.05, 0) is 31.2 Å². The fourth-order valence-electron chi connectivity index (χ4n) is 2.28. The first-order chi connectivity index (χ1) is 8.16. The van der Waals surface area contributed by atoms with Crippen LogP contribution in [0.5, 0.6) is 0 Å². The molecule has 2 heterocycles. The van der Waals surface area contributed by atoms with Crippen molar-refractivity contribution in [1.29, 1.82) is 0 Å². The largest absolute Gasteiger partial charge is 0.363 e. The third-order valence-corrected chi connectivity index (χ3v) is 4.24. The fourth-order valence-corrected chi connectivity index (χ4v) is 3.54. The van der Waals surface area contributed by atoms with Gasteiger partial charge < -0.3 is 10.7 Å². The molecule has 0 bridgehead atoms. The third-order valence-electron chi connectivity index (χ3n) is 3.06. The second-order valence-corrected chi connectivity index (χ2v) is 5.25. The first-order valence-electron chi connectivity index (χ1n) is 5.51. The van der Waals surface area contributed by atoms with Crippen molar-refractivity contribution in [1.82, 2.24) is 9.97 Å². The SMILES string of the molecule is NC(=O)c1nc2sc3c(c2c(=O)[nH]1)CCCC3. The molecule has 1 aliphatic rings. The number of aromatic nitrogens is 2. The highest BCUT2D eigenvalue weighted by molar-refractivity contribution is 7.18. The molecule has 0 fully saturated rings. The molecular formula is C11H11N3O2S. The molecule has 0 aliphatic heterocycles. The lowest BCUT2D eigenvalue weighted by Gasteiger charge is -2.09. The number of aromatic amines is 1. The molecule has 0 saturated heterocycles. The quantitative estimate of drug-likeness (QED) is 0.789. The average Bonchev–Trinajstić information content (AvgIpc) is 2.67. The number of amides is 1. The Hall–Kier alpha value is -1.69. The zero-order chi connectivity index (χ0) is 12.0. The van der Waals surface area contributed by atoms with Crippen LogP contribution in [0.25, 0.3) is 10.2 Å². The zero-order valence-electron chi connectivity index (χ0n) is 9.08. The maximum atomic E-state index is 11.9. The summed E-state index contributed by atoms with van der Waals surface area (Å²) >= 11 is 1.51. The van der Waals surface area contributed by atoms with Gasteiger partial charge in [0, 0.05) is 4.88 Å². The Morgan fingerprint density at radius 2 is 2.12 bits per heavy atom. The number of nitrogens with one attached hydrogen (secondary N) is 1. The molecule has 1 amide bonds. The molecule has 88 valence electrons. The summed E-state index contributed by atoms with van der Waals surface area (Å²) in [6, 6.07) is 0. The van der Waals surface area contributed by atoms with Crippen molar-refractivity contribution in [3.05, 3.63) is 26.6 Å². The van der Waals surface area contributed by atoms with Crippen LogP contribution in [0.3, 0.4) is 0 Å². The van der Waals surface area contributed by atoms with E-state index in [0.717, 1.165) is 31.2 Å². The van der Waals surface area contributed by atoms with Crippen molar-refractivity contribution in [2.75, 3.05) is 0 Å². The molecule has 5 nitrogen and oxygen atoms in total. The van der Waals surface area contributed by atoms with E-state index in [9.17, 15) is 9.59 Å². The van der Waals surface area contributed by atoms with Gasteiger partial charge in [-0.15, -0.1) is 11.3 Å². The number of carbonyl (C=O) groups is 1. The topological polar surface area (TPSA) is 88.8 Å². The second-order valence-electron chi connectivity index (χ2n) is 4.17. The standard InChI is InChI=1S/C11H11N3O2S/c12-8(15)9-13-10(16)7-5-3-1-2-4-6(5)17-11(7)14-9/h1-4H2,(H2,12,15)(H,13,14,16). The van der Waals surface area contributed by atoms with Crippen molar-refractivity contribution in [2.24, 2.45) is 5.73 Å². The van der Waals surface area contributed by atoms with Crippen molar-refractivity contribution >= 4 is 27.5 Å². The molecular weight excluding hydrogens is 238 g/mol. The van der Waals surface area contributed by atoms with Crippen LogP contribution in [0.2, 0.25) is 0 Å². The van der Waals surface area contributed by atoms with Crippen LogP contribution in [0.4, 0.5) is 0 Å². The molecule has 0 atom stereocenters. The molecule has 0 spiro atoms. The van der Waals surface area contributed by atoms with E-state index in [2.05, 4.69) is 9.97 Å². The van der Waals surface area contributed by atoms with Gasteiger partial charge in [0.15, 0.2) is 5.82 Å². The number of hydrogen-bond donors (Lipinski definition) is 2. The van der Waals surface area contributed by atoms with E-state index in [1.165, 1.54) is 16.2 Å². The first-order valence-corrected chi connectivity index (χ1v) is 6.33. The van der Waals surface area contributed by atoms with Gasteiger partial charge in [-0.25, -0.2) is 4.98 Å². The summed E-state index contributed by atoms with van der Waals surface area (Å²) in [6.07, 6.45) is 4.19. The number of primary amides is 1. The maximum Gasteiger partial charge on any atom is 0.284 e. The molecule has 17 heavy (non-hydrogen) atoms. The molecule has 1 aliphatic carbocycles. The summed E-state index contributed by atoms with van der Waals surface area (Å²) < 4.78 is 0. The van der Waals surface area contributed by atoms with Crippen molar-refractivity contribution < 1.29 is 4.79 Å². The molecule has 2 aromatic rings. The van der Waals surface area contributed by atoms with Crippen LogP contribution < -0.4 is 11.3 Å². The Labute approximate surface area is 101 Å². The number of aryl methyl sites for hydroxylation is 2. The van der Waals surface area contributed by atoms with Crippen molar-refractivity contribution in [3.8, 4) is 0 Å². The summed E-state index contributed by atoms with van der Waals surface area (Å²) in [4.78, 5) is 31.4. The van der Waals surface area contributed by atoms with Gasteiger partial charge in [-0.3, -0.25) is 9.59 Å². The summed E-state index contributed by atoms with van der Waals surface area (Å²) in [5.41, 5.74) is 5.99. The fraction of sp³-hybridized carbons (Fsp3) is 0.364. The average molecular weight is 249 g/mol. The van der Waals surface area contributed by atoms with Crippen LogP contribution in [-0.2, 0) is 12.8 Å². The Morgan fingerprint density at radius 3 is 2.88 bits per heavy atom. The minimum Gasteiger partial charge on any atom is -0.363 e. The molecule has 6 heteroatoms. The predicted molar refractivity (Wildman–Crippen MR) is 65.4 cm³/mol. The van der Waals surface area contributed by atoms with E-state index in [0.29, 0.717) is 10.2 Å². The number of H-pyrrole nitrogens is 1. The number of rotatable bonds is 1. The number of nitrogens with zero attached hydrogens (tertiary/aromatic N) is 1. The molecule has 3 rings (SSSR count). The number of carbonyl (C=O) groups excluding carboxylic acids is 1. The summed E-state index contributed by atoms with van der Waals surface area (Å²) in [5, 5.41) is 0.648.